The highest BCUT2D eigenvalue weighted by atomic mass is 16.6. The molecule has 28 heavy (non-hydrogen) atoms. The molecule has 0 spiro atoms. The van der Waals surface area contributed by atoms with Crippen molar-refractivity contribution in [3.8, 4) is 0 Å². The van der Waals surface area contributed by atoms with Crippen molar-refractivity contribution in [3.05, 3.63) is 0 Å². The van der Waals surface area contributed by atoms with Crippen molar-refractivity contribution in [3.63, 3.8) is 0 Å². The Morgan fingerprint density at radius 1 is 1.07 bits per heavy atom. The lowest BCUT2D eigenvalue weighted by Gasteiger charge is -2.47. The fraction of sp³-hybridized carbons (Fsp3) is 0.789. The topological polar surface area (TPSA) is 114 Å². The summed E-state index contributed by atoms with van der Waals surface area (Å²) in [6.45, 7) is 8.78. The Labute approximate surface area is 165 Å². The zero-order valence-electron chi connectivity index (χ0n) is 17.5. The first kappa shape index (κ1) is 23.9. The SMILES string of the molecule is CC[C@@H](OC(C)=O)[C@@H](OC(C)=O)C1O[C@@](C)(C(=O)OC)C[C@H](OC(C)=O)[C@H]1C. The summed E-state index contributed by atoms with van der Waals surface area (Å²) in [5, 5.41) is 0. The largest absolute Gasteiger partial charge is 0.467 e. The summed E-state index contributed by atoms with van der Waals surface area (Å²) < 4.78 is 27.0. The molecule has 9 nitrogen and oxygen atoms in total. The molecular weight excluding hydrogens is 372 g/mol. The number of hydrogen-bond acceptors (Lipinski definition) is 9. The Balaban J connectivity index is 3.35. The molecule has 0 amide bonds. The van der Waals surface area contributed by atoms with Crippen molar-refractivity contribution < 1.29 is 42.9 Å². The van der Waals surface area contributed by atoms with Gasteiger partial charge in [-0.1, -0.05) is 13.8 Å². The van der Waals surface area contributed by atoms with Gasteiger partial charge in [0.15, 0.2) is 11.7 Å². The molecule has 0 N–H and O–H groups in total. The normalized spacial score (nSPS) is 29.2. The van der Waals surface area contributed by atoms with Gasteiger partial charge in [0.2, 0.25) is 0 Å². The third kappa shape index (κ3) is 5.92. The smallest absolute Gasteiger partial charge is 0.338 e. The molecule has 1 heterocycles. The van der Waals surface area contributed by atoms with Crippen molar-refractivity contribution in [2.24, 2.45) is 5.92 Å². The van der Waals surface area contributed by atoms with E-state index in [-0.39, 0.29) is 6.42 Å². The molecule has 0 aliphatic carbocycles. The Bertz CT molecular complexity index is 602. The second kappa shape index (κ2) is 9.86. The molecular formula is C19H30O9. The Morgan fingerprint density at radius 2 is 1.64 bits per heavy atom. The minimum atomic E-state index is -1.43. The van der Waals surface area contributed by atoms with Gasteiger partial charge in [-0.15, -0.1) is 0 Å². The molecule has 0 aromatic carbocycles. The molecule has 1 fully saturated rings. The van der Waals surface area contributed by atoms with Gasteiger partial charge in [-0.25, -0.2) is 4.79 Å². The van der Waals surface area contributed by atoms with Gasteiger partial charge in [0, 0.05) is 33.1 Å². The Morgan fingerprint density at radius 3 is 2.07 bits per heavy atom. The van der Waals surface area contributed by atoms with Crippen LogP contribution < -0.4 is 0 Å². The zero-order chi connectivity index (χ0) is 21.6. The van der Waals surface area contributed by atoms with Gasteiger partial charge in [-0.05, 0) is 13.3 Å². The van der Waals surface area contributed by atoms with Crippen LogP contribution in [-0.2, 0) is 42.9 Å². The van der Waals surface area contributed by atoms with Crippen LogP contribution in [0.15, 0.2) is 0 Å². The average Bonchev–Trinajstić information content (AvgIpc) is 2.59. The van der Waals surface area contributed by atoms with E-state index in [0.29, 0.717) is 6.42 Å². The molecule has 0 aromatic heterocycles. The van der Waals surface area contributed by atoms with Crippen LogP contribution in [0.5, 0.6) is 0 Å². The lowest BCUT2D eigenvalue weighted by molar-refractivity contribution is -0.243. The maximum absolute atomic E-state index is 12.4. The predicted octanol–water partition coefficient (Wildman–Crippen LogP) is 1.55. The number of esters is 4. The highest BCUT2D eigenvalue weighted by molar-refractivity contribution is 5.79. The number of ether oxygens (including phenoxy) is 5. The maximum atomic E-state index is 12.4. The Kier molecular flexibility index (Phi) is 8.41. The molecule has 6 atom stereocenters. The van der Waals surface area contributed by atoms with Gasteiger partial charge >= 0.3 is 23.9 Å². The molecule has 1 rings (SSSR count). The van der Waals surface area contributed by atoms with Crippen LogP contribution in [0.4, 0.5) is 0 Å². The van der Waals surface area contributed by atoms with Crippen LogP contribution in [0.2, 0.25) is 0 Å². The van der Waals surface area contributed by atoms with Crippen LogP contribution in [-0.4, -0.2) is 61.0 Å². The maximum Gasteiger partial charge on any atom is 0.338 e. The second-order valence-corrected chi connectivity index (χ2v) is 7.15. The highest BCUT2D eigenvalue weighted by Gasteiger charge is 2.53. The summed E-state index contributed by atoms with van der Waals surface area (Å²) >= 11 is 0. The summed E-state index contributed by atoms with van der Waals surface area (Å²) in [6.07, 6.45) is -2.94. The monoisotopic (exact) mass is 402 g/mol. The first-order valence-electron chi connectivity index (χ1n) is 9.23. The quantitative estimate of drug-likeness (QED) is 0.462. The van der Waals surface area contributed by atoms with E-state index in [1.807, 2.05) is 0 Å². The van der Waals surface area contributed by atoms with E-state index in [4.69, 9.17) is 23.7 Å². The molecule has 1 aliphatic heterocycles. The van der Waals surface area contributed by atoms with Gasteiger partial charge in [0.1, 0.15) is 18.3 Å². The average molecular weight is 402 g/mol. The molecule has 1 saturated heterocycles. The number of methoxy groups -OCH3 is 1. The van der Waals surface area contributed by atoms with Gasteiger partial charge < -0.3 is 23.7 Å². The second-order valence-electron chi connectivity index (χ2n) is 7.15. The van der Waals surface area contributed by atoms with Crippen molar-refractivity contribution in [2.75, 3.05) is 7.11 Å². The minimum Gasteiger partial charge on any atom is -0.467 e. The van der Waals surface area contributed by atoms with Crippen LogP contribution in [0.1, 0.15) is 54.4 Å². The fourth-order valence-electron chi connectivity index (χ4n) is 3.45. The van der Waals surface area contributed by atoms with E-state index in [1.165, 1.54) is 34.8 Å². The lowest BCUT2D eigenvalue weighted by atomic mass is 9.80. The molecule has 0 saturated carbocycles. The predicted molar refractivity (Wildman–Crippen MR) is 96.0 cm³/mol. The molecule has 1 unspecified atom stereocenters. The standard InChI is InChI=1S/C19H30O9/c1-8-14(25-11(3)20)17(27-13(5)22)16-10(2)15(26-12(4)21)9-19(6,28-16)18(23)24-7/h10,14-17H,8-9H2,1-7H3/t10-,14-,15+,16?,17-,19-/m1/s1. The van der Waals surface area contributed by atoms with Gasteiger partial charge in [0.25, 0.3) is 0 Å². The van der Waals surface area contributed by atoms with Crippen LogP contribution >= 0.6 is 0 Å². The van der Waals surface area contributed by atoms with E-state index in [2.05, 4.69) is 0 Å². The summed E-state index contributed by atoms with van der Waals surface area (Å²) in [5.41, 5.74) is -1.43. The van der Waals surface area contributed by atoms with Crippen LogP contribution in [0, 0.1) is 5.92 Å². The zero-order valence-corrected chi connectivity index (χ0v) is 17.5. The van der Waals surface area contributed by atoms with Crippen molar-refractivity contribution in [1.82, 2.24) is 0 Å². The minimum absolute atomic E-state index is 0.0774. The molecule has 0 radical (unpaired) electrons. The summed E-state index contributed by atoms with van der Waals surface area (Å²) in [5.74, 6) is -2.75. The molecule has 0 bridgehead atoms. The number of hydrogen-bond donors (Lipinski definition) is 0. The number of rotatable bonds is 7. The molecule has 160 valence electrons. The van der Waals surface area contributed by atoms with E-state index in [9.17, 15) is 19.2 Å². The van der Waals surface area contributed by atoms with Gasteiger partial charge in [0.05, 0.1) is 7.11 Å². The van der Waals surface area contributed by atoms with E-state index in [1.54, 1.807) is 13.8 Å². The molecule has 9 heteroatoms. The van der Waals surface area contributed by atoms with Crippen LogP contribution in [0.3, 0.4) is 0 Å². The third-order valence-corrected chi connectivity index (χ3v) is 4.74. The lowest BCUT2D eigenvalue weighted by Crippen LogP contribution is -2.60. The van der Waals surface area contributed by atoms with Gasteiger partial charge in [-0.3, -0.25) is 14.4 Å². The fourth-order valence-corrected chi connectivity index (χ4v) is 3.45. The van der Waals surface area contributed by atoms with Crippen molar-refractivity contribution >= 4 is 23.9 Å². The van der Waals surface area contributed by atoms with E-state index in [0.717, 1.165) is 0 Å². The van der Waals surface area contributed by atoms with E-state index >= 15 is 0 Å². The Hall–Kier alpha value is -2.16. The van der Waals surface area contributed by atoms with Crippen molar-refractivity contribution in [1.29, 1.82) is 0 Å². The third-order valence-electron chi connectivity index (χ3n) is 4.74. The number of carbonyl (C=O) groups excluding carboxylic acids is 4. The van der Waals surface area contributed by atoms with Gasteiger partial charge in [-0.2, -0.15) is 0 Å². The summed E-state index contributed by atoms with van der Waals surface area (Å²) in [6, 6.07) is 0. The van der Waals surface area contributed by atoms with Crippen molar-refractivity contribution in [2.45, 2.75) is 84.4 Å². The highest BCUT2D eigenvalue weighted by Crippen LogP contribution is 2.38. The van der Waals surface area contributed by atoms with Crippen LogP contribution in [0.25, 0.3) is 0 Å². The number of carbonyl (C=O) groups is 4. The first-order chi connectivity index (χ1) is 12.9. The summed E-state index contributed by atoms with van der Waals surface area (Å²) in [4.78, 5) is 47.2. The first-order valence-corrected chi connectivity index (χ1v) is 9.23. The summed E-state index contributed by atoms with van der Waals surface area (Å²) in [7, 11) is 1.22. The molecule has 0 aromatic rings. The molecule has 1 aliphatic rings. The van der Waals surface area contributed by atoms with E-state index < -0.39 is 59.8 Å².